The monoisotopic (exact) mass is 400 g/mol. The lowest BCUT2D eigenvalue weighted by Gasteiger charge is -2.22. The minimum atomic E-state index is -3.23. The van der Waals surface area contributed by atoms with Crippen LogP contribution in [-0.2, 0) is 14.6 Å². The van der Waals surface area contributed by atoms with Gasteiger partial charge in [-0.1, -0.05) is 12.1 Å². The molecule has 0 spiro atoms. The van der Waals surface area contributed by atoms with Crippen LogP contribution in [0, 0.1) is 0 Å². The fourth-order valence-corrected chi connectivity index (χ4v) is 4.74. The smallest absolute Gasteiger partial charge is 0.175 e. The maximum atomic E-state index is 11.7. The molecule has 0 aliphatic carbocycles. The third kappa shape index (κ3) is 3.52. The highest BCUT2D eigenvalue weighted by Gasteiger charge is 2.36. The zero-order valence-corrected chi connectivity index (χ0v) is 17.0. The number of sulfone groups is 1. The summed E-state index contributed by atoms with van der Waals surface area (Å²) in [5, 5.41) is 3.21. The van der Waals surface area contributed by atoms with Gasteiger partial charge in [-0.15, -0.1) is 11.3 Å². The molecule has 0 atom stereocenters. The maximum Gasteiger partial charge on any atom is 0.175 e. The number of fused-ring (bicyclic) bond motifs is 1. The Kier molecular flexibility index (Phi) is 4.37. The van der Waals surface area contributed by atoms with Gasteiger partial charge in [0.2, 0.25) is 0 Å². The van der Waals surface area contributed by atoms with Gasteiger partial charge in [0.05, 0.1) is 10.5 Å². The molecule has 4 rings (SSSR count). The molecule has 2 heterocycles. The quantitative estimate of drug-likeness (QED) is 0.625. The largest absolute Gasteiger partial charge is 0.459 e. The Morgan fingerprint density at radius 2 is 1.81 bits per heavy atom. The van der Waals surface area contributed by atoms with Gasteiger partial charge in [0.25, 0.3) is 0 Å². The zero-order valence-electron chi connectivity index (χ0n) is 15.4. The number of hydrogen-bond donors (Lipinski definition) is 0. The van der Waals surface area contributed by atoms with E-state index in [1.165, 1.54) is 11.0 Å². The van der Waals surface area contributed by atoms with Crippen LogP contribution in [0.15, 0.2) is 64.6 Å². The van der Waals surface area contributed by atoms with Gasteiger partial charge in [-0.3, -0.25) is 0 Å². The van der Waals surface area contributed by atoms with Crippen molar-refractivity contribution in [2.75, 3.05) is 12.9 Å². The van der Waals surface area contributed by atoms with Crippen LogP contribution in [0.25, 0.3) is 15.7 Å². The molecule has 0 amide bonds. The molecule has 0 saturated carbocycles. The highest BCUT2D eigenvalue weighted by Crippen LogP contribution is 2.40. The lowest BCUT2D eigenvalue weighted by Crippen LogP contribution is -2.21. The van der Waals surface area contributed by atoms with Gasteiger partial charge in [-0.05, 0) is 66.6 Å². The molecule has 1 aliphatic rings. The van der Waals surface area contributed by atoms with Gasteiger partial charge in [-0.25, -0.2) is 8.42 Å². The van der Waals surface area contributed by atoms with Crippen LogP contribution in [0.4, 0.5) is 0 Å². The van der Waals surface area contributed by atoms with Crippen LogP contribution in [0.3, 0.4) is 0 Å². The van der Waals surface area contributed by atoms with Crippen molar-refractivity contribution in [3.63, 3.8) is 0 Å². The standard InChI is InChI=1S/C21H20O4S2/c1-21(2)20(14-4-7-17(8-5-14)27(3,22)23)18(13-24-21)25-16-6-9-19-15(12-16)10-11-26-19/h4-12H,13H2,1-3H3. The third-order valence-corrected chi connectivity index (χ3v) is 6.71. The first kappa shape index (κ1) is 18.2. The van der Waals surface area contributed by atoms with E-state index in [1.54, 1.807) is 23.5 Å². The molecular formula is C21H20O4S2. The maximum absolute atomic E-state index is 11.7. The minimum absolute atomic E-state index is 0.300. The van der Waals surface area contributed by atoms with Crippen LogP contribution in [0.2, 0.25) is 0 Å². The molecule has 0 saturated heterocycles. The second-order valence-corrected chi connectivity index (χ2v) is 10.1. The first-order chi connectivity index (χ1) is 12.7. The van der Waals surface area contributed by atoms with Crippen LogP contribution in [0.1, 0.15) is 19.4 Å². The van der Waals surface area contributed by atoms with Crippen molar-refractivity contribution >= 4 is 36.8 Å². The van der Waals surface area contributed by atoms with Gasteiger partial charge >= 0.3 is 0 Å². The predicted molar refractivity (Wildman–Crippen MR) is 109 cm³/mol. The van der Waals surface area contributed by atoms with Crippen molar-refractivity contribution in [3.8, 4) is 5.75 Å². The summed E-state index contributed by atoms with van der Waals surface area (Å²) in [5.74, 6) is 1.52. The molecule has 4 nitrogen and oxygen atoms in total. The Labute approximate surface area is 163 Å². The molecule has 1 aliphatic heterocycles. The molecule has 3 aromatic rings. The van der Waals surface area contributed by atoms with Crippen molar-refractivity contribution < 1.29 is 17.9 Å². The second kappa shape index (κ2) is 6.48. The van der Waals surface area contributed by atoms with Gasteiger partial charge < -0.3 is 9.47 Å². The van der Waals surface area contributed by atoms with Gasteiger partial charge in [-0.2, -0.15) is 0 Å². The molecule has 1 aromatic heterocycles. The summed E-state index contributed by atoms with van der Waals surface area (Å²) in [4.78, 5) is 0.300. The van der Waals surface area contributed by atoms with E-state index in [9.17, 15) is 8.42 Å². The Bertz CT molecular complexity index is 1140. The Morgan fingerprint density at radius 1 is 1.07 bits per heavy atom. The summed E-state index contributed by atoms with van der Waals surface area (Å²) < 4.78 is 36.8. The molecule has 0 fully saturated rings. The van der Waals surface area contributed by atoms with E-state index in [0.717, 1.165) is 28.0 Å². The Hall–Kier alpha value is -2.15. The van der Waals surface area contributed by atoms with Crippen LogP contribution in [0.5, 0.6) is 5.75 Å². The summed E-state index contributed by atoms with van der Waals surface area (Å²) in [6, 6.07) is 15.0. The van der Waals surface area contributed by atoms with E-state index >= 15 is 0 Å². The summed E-state index contributed by atoms with van der Waals surface area (Å²) in [6.07, 6.45) is 1.21. The predicted octanol–water partition coefficient (Wildman–Crippen LogP) is 4.90. The van der Waals surface area contributed by atoms with Gasteiger partial charge in [0, 0.05) is 16.5 Å². The van der Waals surface area contributed by atoms with E-state index in [0.29, 0.717) is 11.5 Å². The first-order valence-electron chi connectivity index (χ1n) is 8.57. The van der Waals surface area contributed by atoms with Crippen LogP contribution >= 0.6 is 11.3 Å². The first-order valence-corrected chi connectivity index (χ1v) is 11.3. The van der Waals surface area contributed by atoms with Crippen molar-refractivity contribution in [3.05, 3.63) is 65.2 Å². The number of rotatable bonds is 4. The van der Waals surface area contributed by atoms with Crippen LogP contribution in [-0.4, -0.2) is 26.9 Å². The zero-order chi connectivity index (χ0) is 19.2. The summed E-state index contributed by atoms with van der Waals surface area (Å²) in [5.41, 5.74) is 1.32. The lowest BCUT2D eigenvalue weighted by atomic mass is 9.92. The Morgan fingerprint density at radius 3 is 2.52 bits per heavy atom. The summed E-state index contributed by atoms with van der Waals surface area (Å²) >= 11 is 1.70. The second-order valence-electron chi connectivity index (χ2n) is 7.12. The molecule has 2 aromatic carbocycles. The number of ether oxygens (including phenoxy) is 2. The molecule has 27 heavy (non-hydrogen) atoms. The Balaban J connectivity index is 1.73. The highest BCUT2D eigenvalue weighted by atomic mass is 32.2. The van der Waals surface area contributed by atoms with E-state index in [4.69, 9.17) is 9.47 Å². The van der Waals surface area contributed by atoms with Crippen molar-refractivity contribution in [2.24, 2.45) is 0 Å². The average Bonchev–Trinajstić information content (AvgIpc) is 3.18. The number of benzene rings is 2. The van der Waals surface area contributed by atoms with E-state index < -0.39 is 15.4 Å². The fraction of sp³-hybridized carbons (Fsp3) is 0.238. The van der Waals surface area contributed by atoms with E-state index in [-0.39, 0.29) is 0 Å². The van der Waals surface area contributed by atoms with Crippen molar-refractivity contribution in [1.29, 1.82) is 0 Å². The lowest BCUT2D eigenvalue weighted by molar-refractivity contribution is 0.0544. The summed E-state index contributed by atoms with van der Waals surface area (Å²) in [6.45, 7) is 4.36. The minimum Gasteiger partial charge on any atom is -0.459 e. The molecule has 0 radical (unpaired) electrons. The molecule has 0 N–H and O–H groups in total. The molecule has 140 valence electrons. The average molecular weight is 401 g/mol. The van der Waals surface area contributed by atoms with E-state index in [2.05, 4.69) is 17.5 Å². The fourth-order valence-electron chi connectivity index (χ4n) is 3.33. The SMILES string of the molecule is CC1(C)OCC(Oc2ccc3sccc3c2)=C1c1ccc(S(C)(=O)=O)cc1. The van der Waals surface area contributed by atoms with E-state index in [1.807, 2.05) is 38.1 Å². The molecule has 0 unspecified atom stereocenters. The topological polar surface area (TPSA) is 52.6 Å². The third-order valence-electron chi connectivity index (χ3n) is 4.68. The van der Waals surface area contributed by atoms with Gasteiger partial charge in [0.1, 0.15) is 18.1 Å². The van der Waals surface area contributed by atoms with Crippen LogP contribution < -0.4 is 4.74 Å². The van der Waals surface area contributed by atoms with Crippen molar-refractivity contribution in [2.45, 2.75) is 24.3 Å². The highest BCUT2D eigenvalue weighted by molar-refractivity contribution is 7.90. The van der Waals surface area contributed by atoms with Crippen molar-refractivity contribution in [1.82, 2.24) is 0 Å². The summed E-state index contributed by atoms with van der Waals surface area (Å²) in [7, 11) is -3.23. The molecule has 6 heteroatoms. The number of hydrogen-bond acceptors (Lipinski definition) is 5. The number of thiophene rings is 1. The van der Waals surface area contributed by atoms with Gasteiger partial charge in [0.15, 0.2) is 9.84 Å². The molecule has 0 bridgehead atoms. The normalized spacial score (nSPS) is 16.9. The molecular weight excluding hydrogens is 380 g/mol.